The zero-order valence-electron chi connectivity index (χ0n) is 14.7. The summed E-state index contributed by atoms with van der Waals surface area (Å²) in [6, 6.07) is 0. The number of piperidine rings is 2. The number of imidazole rings is 1. The fourth-order valence-corrected chi connectivity index (χ4v) is 4.70. The van der Waals surface area contributed by atoms with E-state index in [9.17, 15) is 9.59 Å². The molecule has 4 rings (SSSR count). The Balaban J connectivity index is 1.43. The first-order valence-electron chi connectivity index (χ1n) is 9.08. The number of hydrogen-bond donors (Lipinski definition) is 1. The normalized spacial score (nSPS) is 23.6. The summed E-state index contributed by atoms with van der Waals surface area (Å²) in [7, 11) is 0. The van der Waals surface area contributed by atoms with Crippen molar-refractivity contribution in [2.75, 3.05) is 26.2 Å². The van der Waals surface area contributed by atoms with Crippen LogP contribution >= 0.6 is 11.3 Å². The van der Waals surface area contributed by atoms with E-state index in [-0.39, 0.29) is 17.2 Å². The molecule has 0 unspecified atom stereocenters. The Morgan fingerprint density at radius 3 is 3.04 bits per heavy atom. The molecule has 7 nitrogen and oxygen atoms in total. The van der Waals surface area contributed by atoms with Gasteiger partial charge in [-0.25, -0.2) is 9.97 Å². The van der Waals surface area contributed by atoms with Crippen molar-refractivity contribution in [3.05, 3.63) is 34.8 Å². The summed E-state index contributed by atoms with van der Waals surface area (Å²) < 4.78 is 0. The standard InChI is InChI=1S/C18H23N5O2S/c24-16-2-5-18(10-22(16)7-3-14-8-19-12-20-14)4-1-6-23(11-18)17(25)15-9-26-13-21-15/h8-9,12-13H,1-7,10-11H2,(H,19,20)/t18-/m0/s1. The lowest BCUT2D eigenvalue weighted by molar-refractivity contribution is -0.138. The highest BCUT2D eigenvalue weighted by molar-refractivity contribution is 7.07. The van der Waals surface area contributed by atoms with Crippen molar-refractivity contribution in [3.8, 4) is 0 Å². The minimum Gasteiger partial charge on any atom is -0.348 e. The number of carbonyl (C=O) groups is 2. The second-order valence-corrected chi connectivity index (χ2v) is 8.06. The van der Waals surface area contributed by atoms with Gasteiger partial charge in [0.1, 0.15) is 5.69 Å². The van der Waals surface area contributed by atoms with Gasteiger partial charge < -0.3 is 14.8 Å². The Morgan fingerprint density at radius 1 is 1.35 bits per heavy atom. The van der Waals surface area contributed by atoms with Gasteiger partial charge in [0.2, 0.25) is 5.91 Å². The predicted molar refractivity (Wildman–Crippen MR) is 97.8 cm³/mol. The Kier molecular flexibility index (Phi) is 4.76. The first-order valence-corrected chi connectivity index (χ1v) is 10.0. The second-order valence-electron chi connectivity index (χ2n) is 7.35. The van der Waals surface area contributed by atoms with Gasteiger partial charge in [-0.3, -0.25) is 9.59 Å². The highest BCUT2D eigenvalue weighted by Crippen LogP contribution is 2.39. The molecule has 0 aromatic carbocycles. The minimum atomic E-state index is 0.0197. The van der Waals surface area contributed by atoms with Crippen molar-refractivity contribution in [1.29, 1.82) is 0 Å². The largest absolute Gasteiger partial charge is 0.348 e. The molecule has 2 aromatic heterocycles. The molecule has 1 spiro atoms. The molecule has 1 atom stereocenters. The molecule has 2 aromatic rings. The predicted octanol–water partition coefficient (Wildman–Crippen LogP) is 1.95. The molecule has 2 aliphatic rings. The lowest BCUT2D eigenvalue weighted by atomic mass is 9.73. The molecule has 0 bridgehead atoms. The van der Waals surface area contributed by atoms with Crippen molar-refractivity contribution in [3.63, 3.8) is 0 Å². The van der Waals surface area contributed by atoms with Crippen molar-refractivity contribution < 1.29 is 9.59 Å². The van der Waals surface area contributed by atoms with Gasteiger partial charge in [0.05, 0.1) is 11.8 Å². The topological polar surface area (TPSA) is 82.2 Å². The monoisotopic (exact) mass is 373 g/mol. The van der Waals surface area contributed by atoms with Gasteiger partial charge in [-0.1, -0.05) is 0 Å². The number of thiazole rings is 1. The molecule has 8 heteroatoms. The van der Waals surface area contributed by atoms with Crippen molar-refractivity contribution in [2.45, 2.75) is 32.1 Å². The summed E-state index contributed by atoms with van der Waals surface area (Å²) >= 11 is 1.45. The average molecular weight is 373 g/mol. The van der Waals surface area contributed by atoms with Gasteiger partial charge >= 0.3 is 0 Å². The lowest BCUT2D eigenvalue weighted by Gasteiger charge is -2.48. The van der Waals surface area contributed by atoms with Crippen LogP contribution in [0.2, 0.25) is 0 Å². The molecule has 1 N–H and O–H groups in total. The Morgan fingerprint density at radius 2 is 2.27 bits per heavy atom. The number of amides is 2. The smallest absolute Gasteiger partial charge is 0.273 e. The second kappa shape index (κ2) is 7.19. The molecule has 4 heterocycles. The summed E-state index contributed by atoms with van der Waals surface area (Å²) in [4.78, 5) is 40.3. The summed E-state index contributed by atoms with van der Waals surface area (Å²) in [6.45, 7) is 2.93. The Bertz CT molecular complexity index is 761. The zero-order chi connectivity index (χ0) is 18.0. The summed E-state index contributed by atoms with van der Waals surface area (Å²) in [5.41, 5.74) is 3.30. The number of nitrogens with one attached hydrogen (secondary N) is 1. The molecule has 0 saturated carbocycles. The number of aromatic amines is 1. The number of nitrogens with zero attached hydrogens (tertiary/aromatic N) is 4. The first kappa shape index (κ1) is 17.2. The van der Waals surface area contributed by atoms with E-state index in [4.69, 9.17) is 0 Å². The van der Waals surface area contributed by atoms with Crippen molar-refractivity contribution in [2.24, 2.45) is 5.41 Å². The molecule has 2 fully saturated rings. The summed E-state index contributed by atoms with van der Waals surface area (Å²) in [5, 5.41) is 1.81. The van der Waals surface area contributed by atoms with Crippen LogP contribution in [0, 0.1) is 5.41 Å². The van der Waals surface area contributed by atoms with Crippen LogP contribution in [0.3, 0.4) is 0 Å². The van der Waals surface area contributed by atoms with E-state index in [1.165, 1.54) is 11.3 Å². The van der Waals surface area contributed by atoms with Gasteiger partial charge in [-0.15, -0.1) is 11.3 Å². The maximum absolute atomic E-state index is 12.7. The zero-order valence-corrected chi connectivity index (χ0v) is 15.5. The number of hydrogen-bond acceptors (Lipinski definition) is 5. The molecular formula is C18H23N5O2S. The number of H-pyrrole nitrogens is 1. The van der Waals surface area contributed by atoms with Crippen LogP contribution in [-0.2, 0) is 11.2 Å². The maximum Gasteiger partial charge on any atom is 0.273 e. The molecule has 2 saturated heterocycles. The van der Waals surface area contributed by atoms with Crippen LogP contribution in [0.1, 0.15) is 41.9 Å². The average Bonchev–Trinajstić information content (AvgIpc) is 3.36. The van der Waals surface area contributed by atoms with E-state index in [2.05, 4.69) is 15.0 Å². The maximum atomic E-state index is 12.7. The Labute approximate surface area is 156 Å². The van der Waals surface area contributed by atoms with Gasteiger partial charge in [0.25, 0.3) is 5.91 Å². The van der Waals surface area contributed by atoms with Gasteiger partial charge in [-0.05, 0) is 19.3 Å². The molecule has 138 valence electrons. The van der Waals surface area contributed by atoms with E-state index in [1.807, 2.05) is 15.2 Å². The van der Waals surface area contributed by atoms with Gasteiger partial charge in [-0.2, -0.15) is 0 Å². The van der Waals surface area contributed by atoms with E-state index in [0.29, 0.717) is 18.7 Å². The third kappa shape index (κ3) is 3.51. The number of likely N-dealkylation sites (tertiary alicyclic amines) is 2. The van der Waals surface area contributed by atoms with E-state index in [1.54, 1.807) is 18.0 Å². The minimum absolute atomic E-state index is 0.0197. The fraction of sp³-hybridized carbons (Fsp3) is 0.556. The molecule has 2 aliphatic heterocycles. The number of carbonyl (C=O) groups excluding carboxylic acids is 2. The van der Waals surface area contributed by atoms with E-state index in [0.717, 1.165) is 51.0 Å². The SMILES string of the molecule is O=C1CC[C@@]2(CCCN(C(=O)c3cscn3)C2)CN1CCc1cnc[nH]1. The molecule has 2 amide bonds. The highest BCUT2D eigenvalue weighted by Gasteiger charge is 2.42. The lowest BCUT2D eigenvalue weighted by Crippen LogP contribution is -2.55. The number of rotatable bonds is 4. The van der Waals surface area contributed by atoms with Crippen LogP contribution in [0.15, 0.2) is 23.4 Å². The number of aromatic nitrogens is 3. The summed E-state index contributed by atoms with van der Waals surface area (Å²) in [5.74, 6) is 0.240. The van der Waals surface area contributed by atoms with Crippen molar-refractivity contribution in [1.82, 2.24) is 24.8 Å². The van der Waals surface area contributed by atoms with Crippen LogP contribution in [-0.4, -0.2) is 62.7 Å². The van der Waals surface area contributed by atoms with Crippen LogP contribution in [0.5, 0.6) is 0 Å². The third-order valence-electron chi connectivity index (χ3n) is 5.55. The quantitative estimate of drug-likeness (QED) is 0.888. The van der Waals surface area contributed by atoms with E-state index >= 15 is 0 Å². The molecule has 26 heavy (non-hydrogen) atoms. The molecule has 0 radical (unpaired) electrons. The van der Waals surface area contributed by atoms with Crippen LogP contribution < -0.4 is 0 Å². The highest BCUT2D eigenvalue weighted by atomic mass is 32.1. The Hall–Kier alpha value is -2.22. The van der Waals surface area contributed by atoms with Crippen molar-refractivity contribution >= 4 is 23.2 Å². The summed E-state index contributed by atoms with van der Waals surface area (Å²) in [6.07, 6.45) is 7.75. The van der Waals surface area contributed by atoms with Crippen LogP contribution in [0.25, 0.3) is 0 Å². The van der Waals surface area contributed by atoms with E-state index < -0.39 is 0 Å². The van der Waals surface area contributed by atoms with Gasteiger partial charge in [0.15, 0.2) is 0 Å². The van der Waals surface area contributed by atoms with Gasteiger partial charge in [0, 0.05) is 61.7 Å². The molecule has 0 aliphatic carbocycles. The third-order valence-corrected chi connectivity index (χ3v) is 6.14. The van der Waals surface area contributed by atoms with Crippen LogP contribution in [0.4, 0.5) is 0 Å². The fourth-order valence-electron chi connectivity index (χ4n) is 4.18. The molecular weight excluding hydrogens is 350 g/mol. The first-order chi connectivity index (χ1) is 12.7.